The average Bonchev–Trinajstić information content (AvgIpc) is 2.90. The van der Waals surface area contributed by atoms with Gasteiger partial charge in [-0.25, -0.2) is 0 Å². The molecule has 0 fully saturated rings. The van der Waals surface area contributed by atoms with E-state index in [2.05, 4.69) is 5.16 Å². The zero-order valence-corrected chi connectivity index (χ0v) is 9.89. The van der Waals surface area contributed by atoms with Crippen LogP contribution in [0.3, 0.4) is 0 Å². The standard InChI is InChI=1S/C12H13NO4/c1-14-8-6-9(10-4-5-17-13-10)12(16-3)11(7-8)15-2/h4-7H,1-3H3. The van der Waals surface area contributed by atoms with Gasteiger partial charge in [0.1, 0.15) is 17.7 Å². The van der Waals surface area contributed by atoms with Crippen LogP contribution in [0, 0.1) is 0 Å². The van der Waals surface area contributed by atoms with Gasteiger partial charge in [-0.2, -0.15) is 0 Å². The first-order chi connectivity index (χ1) is 8.30. The van der Waals surface area contributed by atoms with Crippen LogP contribution in [0.1, 0.15) is 0 Å². The normalized spacial score (nSPS) is 10.1. The summed E-state index contributed by atoms with van der Waals surface area (Å²) in [6, 6.07) is 5.32. The van der Waals surface area contributed by atoms with Crippen LogP contribution in [0.4, 0.5) is 0 Å². The zero-order chi connectivity index (χ0) is 12.3. The van der Waals surface area contributed by atoms with Gasteiger partial charge >= 0.3 is 0 Å². The van der Waals surface area contributed by atoms with E-state index >= 15 is 0 Å². The summed E-state index contributed by atoms with van der Waals surface area (Å²) < 4.78 is 20.6. The molecule has 0 bridgehead atoms. The quantitative estimate of drug-likeness (QED) is 0.814. The molecule has 0 saturated carbocycles. The molecule has 0 atom stereocenters. The van der Waals surface area contributed by atoms with Crippen molar-refractivity contribution >= 4 is 0 Å². The molecule has 1 aromatic carbocycles. The molecular formula is C12H13NO4. The number of nitrogens with zero attached hydrogens (tertiary/aromatic N) is 1. The Kier molecular flexibility index (Phi) is 3.18. The molecule has 2 rings (SSSR count). The third-order valence-corrected chi connectivity index (χ3v) is 2.40. The monoisotopic (exact) mass is 235 g/mol. The van der Waals surface area contributed by atoms with Gasteiger partial charge in [0.2, 0.25) is 0 Å². The van der Waals surface area contributed by atoms with Crippen molar-refractivity contribution in [2.75, 3.05) is 21.3 Å². The average molecular weight is 235 g/mol. The summed E-state index contributed by atoms with van der Waals surface area (Å²) in [7, 11) is 4.74. The topological polar surface area (TPSA) is 53.7 Å². The van der Waals surface area contributed by atoms with Crippen LogP contribution in [-0.4, -0.2) is 26.5 Å². The zero-order valence-electron chi connectivity index (χ0n) is 9.89. The summed E-state index contributed by atoms with van der Waals surface area (Å²) in [5, 5.41) is 3.88. The molecule has 1 heterocycles. The molecule has 0 N–H and O–H groups in total. The van der Waals surface area contributed by atoms with Crippen molar-refractivity contribution in [2.24, 2.45) is 0 Å². The second-order valence-electron chi connectivity index (χ2n) is 3.30. The van der Waals surface area contributed by atoms with Gasteiger partial charge in [0.05, 0.1) is 26.9 Å². The first-order valence-electron chi connectivity index (χ1n) is 5.01. The number of aromatic nitrogens is 1. The summed E-state index contributed by atoms with van der Waals surface area (Å²) in [6.07, 6.45) is 1.50. The summed E-state index contributed by atoms with van der Waals surface area (Å²) in [6.45, 7) is 0. The molecule has 1 aromatic heterocycles. The number of methoxy groups -OCH3 is 3. The Labute approximate surface area is 98.9 Å². The van der Waals surface area contributed by atoms with Crippen LogP contribution in [0.5, 0.6) is 17.2 Å². The van der Waals surface area contributed by atoms with Crippen molar-refractivity contribution in [1.29, 1.82) is 0 Å². The molecule has 0 spiro atoms. The van der Waals surface area contributed by atoms with Crippen LogP contribution in [-0.2, 0) is 0 Å². The summed E-state index contributed by atoms with van der Waals surface area (Å²) in [5.41, 5.74) is 1.43. The molecule has 0 aliphatic heterocycles. The fourth-order valence-electron chi connectivity index (χ4n) is 1.60. The maximum Gasteiger partial charge on any atom is 0.170 e. The molecule has 5 heteroatoms. The predicted molar refractivity (Wildman–Crippen MR) is 61.6 cm³/mol. The molecule has 0 saturated heterocycles. The van der Waals surface area contributed by atoms with Gasteiger partial charge in [-0.1, -0.05) is 5.16 Å². The van der Waals surface area contributed by atoms with Crippen molar-refractivity contribution in [3.63, 3.8) is 0 Å². The van der Waals surface area contributed by atoms with E-state index in [0.717, 1.165) is 5.56 Å². The van der Waals surface area contributed by atoms with E-state index in [1.807, 2.05) is 6.07 Å². The third-order valence-electron chi connectivity index (χ3n) is 2.40. The highest BCUT2D eigenvalue weighted by Crippen LogP contribution is 2.40. The Bertz CT molecular complexity index is 493. The largest absolute Gasteiger partial charge is 0.497 e. The maximum atomic E-state index is 5.33. The lowest BCUT2D eigenvalue weighted by Crippen LogP contribution is -1.95. The Morgan fingerprint density at radius 3 is 2.41 bits per heavy atom. The first-order valence-corrected chi connectivity index (χ1v) is 5.01. The molecule has 0 amide bonds. The molecular weight excluding hydrogens is 222 g/mol. The molecule has 0 unspecified atom stereocenters. The van der Waals surface area contributed by atoms with Crippen LogP contribution in [0.25, 0.3) is 11.3 Å². The van der Waals surface area contributed by atoms with Gasteiger partial charge in [-0.3, -0.25) is 0 Å². The number of hydrogen-bond acceptors (Lipinski definition) is 5. The van der Waals surface area contributed by atoms with E-state index in [0.29, 0.717) is 22.9 Å². The smallest absolute Gasteiger partial charge is 0.170 e. The molecule has 5 nitrogen and oxygen atoms in total. The maximum absolute atomic E-state index is 5.33. The lowest BCUT2D eigenvalue weighted by atomic mass is 10.1. The van der Waals surface area contributed by atoms with E-state index in [1.54, 1.807) is 33.5 Å². The minimum atomic E-state index is 0.588. The highest BCUT2D eigenvalue weighted by Gasteiger charge is 2.16. The summed E-state index contributed by atoms with van der Waals surface area (Å²) >= 11 is 0. The minimum Gasteiger partial charge on any atom is -0.497 e. The highest BCUT2D eigenvalue weighted by molar-refractivity contribution is 5.73. The second-order valence-corrected chi connectivity index (χ2v) is 3.30. The SMILES string of the molecule is COc1cc(OC)c(OC)c(-c2ccon2)c1. The molecule has 2 aromatic rings. The second kappa shape index (κ2) is 4.78. The number of rotatable bonds is 4. The van der Waals surface area contributed by atoms with Crippen molar-refractivity contribution in [3.8, 4) is 28.5 Å². The molecule has 0 radical (unpaired) electrons. The van der Waals surface area contributed by atoms with Crippen molar-refractivity contribution in [2.45, 2.75) is 0 Å². The predicted octanol–water partition coefficient (Wildman–Crippen LogP) is 2.37. The van der Waals surface area contributed by atoms with Gasteiger partial charge in [-0.05, 0) is 6.07 Å². The Morgan fingerprint density at radius 2 is 1.88 bits per heavy atom. The first kappa shape index (κ1) is 11.3. The van der Waals surface area contributed by atoms with E-state index in [1.165, 1.54) is 6.26 Å². The van der Waals surface area contributed by atoms with Crippen LogP contribution < -0.4 is 14.2 Å². The Hall–Kier alpha value is -2.17. The van der Waals surface area contributed by atoms with Crippen molar-refractivity contribution < 1.29 is 18.7 Å². The lowest BCUT2D eigenvalue weighted by molar-refractivity contribution is 0.349. The Balaban J connectivity index is 2.62. The van der Waals surface area contributed by atoms with Gasteiger partial charge in [0.25, 0.3) is 0 Å². The van der Waals surface area contributed by atoms with Crippen LogP contribution >= 0.6 is 0 Å². The molecule has 0 aliphatic carbocycles. The number of ether oxygens (including phenoxy) is 3. The third kappa shape index (κ3) is 2.04. The minimum absolute atomic E-state index is 0.588. The highest BCUT2D eigenvalue weighted by atomic mass is 16.5. The van der Waals surface area contributed by atoms with Gasteiger partial charge in [0, 0.05) is 12.1 Å². The van der Waals surface area contributed by atoms with E-state index in [4.69, 9.17) is 18.7 Å². The van der Waals surface area contributed by atoms with Gasteiger partial charge in [0.15, 0.2) is 11.5 Å². The number of hydrogen-bond donors (Lipinski definition) is 0. The van der Waals surface area contributed by atoms with Gasteiger partial charge in [-0.15, -0.1) is 0 Å². The van der Waals surface area contributed by atoms with E-state index in [-0.39, 0.29) is 0 Å². The summed E-state index contributed by atoms with van der Waals surface area (Å²) in [4.78, 5) is 0. The van der Waals surface area contributed by atoms with E-state index < -0.39 is 0 Å². The van der Waals surface area contributed by atoms with E-state index in [9.17, 15) is 0 Å². The van der Waals surface area contributed by atoms with Crippen LogP contribution in [0.2, 0.25) is 0 Å². The lowest BCUT2D eigenvalue weighted by Gasteiger charge is -2.13. The van der Waals surface area contributed by atoms with Crippen LogP contribution in [0.15, 0.2) is 29.0 Å². The van der Waals surface area contributed by atoms with Gasteiger partial charge < -0.3 is 18.7 Å². The number of benzene rings is 1. The summed E-state index contributed by atoms with van der Waals surface area (Å²) in [5.74, 6) is 1.85. The molecule has 17 heavy (non-hydrogen) atoms. The molecule has 90 valence electrons. The Morgan fingerprint density at radius 1 is 1.06 bits per heavy atom. The fraction of sp³-hybridized carbons (Fsp3) is 0.250. The van der Waals surface area contributed by atoms with Crippen molar-refractivity contribution in [1.82, 2.24) is 5.16 Å². The van der Waals surface area contributed by atoms with Crippen molar-refractivity contribution in [3.05, 3.63) is 24.5 Å². The fourth-order valence-corrected chi connectivity index (χ4v) is 1.60. The molecule has 0 aliphatic rings.